The molecule has 29 heavy (non-hydrogen) atoms. The second-order valence-electron chi connectivity index (χ2n) is 7.05. The summed E-state index contributed by atoms with van der Waals surface area (Å²) in [5.41, 5.74) is 0.761. The molecule has 1 amide bonds. The fourth-order valence-corrected chi connectivity index (χ4v) is 4.96. The van der Waals surface area contributed by atoms with Crippen molar-refractivity contribution in [2.24, 2.45) is 0 Å². The van der Waals surface area contributed by atoms with Crippen LogP contribution in [0.25, 0.3) is 0 Å². The van der Waals surface area contributed by atoms with Crippen molar-refractivity contribution in [3.63, 3.8) is 0 Å². The summed E-state index contributed by atoms with van der Waals surface area (Å²) in [7, 11) is -3.61. The van der Waals surface area contributed by atoms with Gasteiger partial charge in [-0.2, -0.15) is 4.31 Å². The van der Waals surface area contributed by atoms with Gasteiger partial charge < -0.3 is 19.7 Å². The fraction of sp³-hybridized carbons (Fsp3) is 0.350. The Morgan fingerprint density at radius 3 is 2.41 bits per heavy atom. The number of piperazine rings is 1. The highest BCUT2D eigenvalue weighted by atomic mass is 32.2. The van der Waals surface area contributed by atoms with E-state index in [2.05, 4.69) is 5.32 Å². The number of anilines is 1. The topological polar surface area (TPSA) is 89.4 Å². The number of amides is 1. The zero-order valence-corrected chi connectivity index (χ0v) is 16.8. The number of nitrogens with zero attached hydrogens (tertiary/aromatic N) is 1. The average molecular weight is 418 g/mol. The third kappa shape index (κ3) is 4.52. The quantitative estimate of drug-likeness (QED) is 0.713. The Labute approximate surface area is 170 Å². The number of fused-ring (bicyclic) bond motifs is 1. The number of carbonyl (C=O) groups excluding carboxylic acids is 1. The maximum atomic E-state index is 13.0. The van der Waals surface area contributed by atoms with Gasteiger partial charge in [0.1, 0.15) is 13.2 Å². The minimum atomic E-state index is -3.61. The highest BCUT2D eigenvalue weighted by Gasteiger charge is 2.32. The lowest BCUT2D eigenvalue weighted by Crippen LogP contribution is -3.15. The van der Waals surface area contributed by atoms with Crippen molar-refractivity contribution >= 4 is 21.6 Å². The fourth-order valence-electron chi connectivity index (χ4n) is 3.51. The van der Waals surface area contributed by atoms with Crippen molar-refractivity contribution in [2.75, 3.05) is 51.3 Å². The Hall–Kier alpha value is -2.62. The normalized spacial score (nSPS) is 17.7. The van der Waals surface area contributed by atoms with Crippen molar-refractivity contribution in [1.82, 2.24) is 4.31 Å². The first-order chi connectivity index (χ1) is 14.0. The molecule has 2 N–H and O–H groups in total. The highest BCUT2D eigenvalue weighted by Crippen LogP contribution is 2.33. The number of hydrogen-bond donors (Lipinski definition) is 2. The van der Waals surface area contributed by atoms with E-state index in [0.717, 1.165) is 10.6 Å². The van der Waals surface area contributed by atoms with Gasteiger partial charge in [-0.3, -0.25) is 4.79 Å². The van der Waals surface area contributed by atoms with Crippen LogP contribution in [0.5, 0.6) is 11.5 Å². The minimum absolute atomic E-state index is 0.0747. The van der Waals surface area contributed by atoms with Crippen LogP contribution in [0.2, 0.25) is 0 Å². The summed E-state index contributed by atoms with van der Waals surface area (Å²) in [6.07, 6.45) is 0. The van der Waals surface area contributed by atoms with E-state index in [9.17, 15) is 13.2 Å². The summed E-state index contributed by atoms with van der Waals surface area (Å²) in [6.45, 7) is 3.06. The molecule has 2 heterocycles. The minimum Gasteiger partial charge on any atom is -0.486 e. The van der Waals surface area contributed by atoms with Crippen molar-refractivity contribution in [3.8, 4) is 11.5 Å². The first-order valence-corrected chi connectivity index (χ1v) is 11.0. The largest absolute Gasteiger partial charge is 0.486 e. The van der Waals surface area contributed by atoms with Gasteiger partial charge in [-0.05, 0) is 24.3 Å². The van der Waals surface area contributed by atoms with Crippen LogP contribution in [0.15, 0.2) is 53.4 Å². The van der Waals surface area contributed by atoms with Crippen LogP contribution in [0.4, 0.5) is 5.69 Å². The van der Waals surface area contributed by atoms with E-state index in [1.807, 2.05) is 30.3 Å². The van der Waals surface area contributed by atoms with Gasteiger partial charge in [0.2, 0.25) is 10.0 Å². The van der Waals surface area contributed by atoms with Crippen molar-refractivity contribution in [2.45, 2.75) is 4.90 Å². The van der Waals surface area contributed by atoms with Crippen LogP contribution < -0.4 is 19.7 Å². The van der Waals surface area contributed by atoms with E-state index in [4.69, 9.17) is 9.47 Å². The van der Waals surface area contributed by atoms with Crippen LogP contribution in [-0.2, 0) is 14.8 Å². The second kappa shape index (κ2) is 8.40. The number of rotatable bonds is 5. The summed E-state index contributed by atoms with van der Waals surface area (Å²) >= 11 is 0. The van der Waals surface area contributed by atoms with Crippen molar-refractivity contribution in [3.05, 3.63) is 48.5 Å². The van der Waals surface area contributed by atoms with E-state index >= 15 is 0 Å². The summed E-state index contributed by atoms with van der Waals surface area (Å²) in [6, 6.07) is 14.0. The zero-order chi connectivity index (χ0) is 20.3. The summed E-state index contributed by atoms with van der Waals surface area (Å²) in [4.78, 5) is 13.5. The van der Waals surface area contributed by atoms with Gasteiger partial charge >= 0.3 is 0 Å². The van der Waals surface area contributed by atoms with Crippen LogP contribution in [0.3, 0.4) is 0 Å². The molecule has 9 heteroatoms. The molecule has 154 valence electrons. The predicted molar refractivity (Wildman–Crippen MR) is 107 cm³/mol. The predicted octanol–water partition coefficient (Wildman–Crippen LogP) is -0.0143. The summed E-state index contributed by atoms with van der Waals surface area (Å²) in [5.74, 6) is 0.947. The number of para-hydroxylation sites is 1. The van der Waals surface area contributed by atoms with Crippen LogP contribution >= 0.6 is 0 Å². The molecular formula is C20H24N3O5S+. The molecule has 2 aliphatic rings. The molecule has 0 aromatic heterocycles. The van der Waals surface area contributed by atoms with Gasteiger partial charge in [0.15, 0.2) is 18.0 Å². The van der Waals surface area contributed by atoms with Crippen LogP contribution in [0.1, 0.15) is 0 Å². The zero-order valence-electron chi connectivity index (χ0n) is 16.0. The Balaban J connectivity index is 1.34. The maximum Gasteiger partial charge on any atom is 0.279 e. The number of hydrogen-bond acceptors (Lipinski definition) is 5. The van der Waals surface area contributed by atoms with Crippen molar-refractivity contribution in [1.29, 1.82) is 0 Å². The lowest BCUT2D eigenvalue weighted by atomic mass is 10.3. The van der Waals surface area contributed by atoms with Gasteiger partial charge in [0, 0.05) is 11.8 Å². The lowest BCUT2D eigenvalue weighted by molar-refractivity contribution is -0.895. The SMILES string of the molecule is O=C(C[NH+]1CCN(S(=O)(=O)c2ccc3c(c2)OCCO3)CC1)Nc1ccccc1. The monoisotopic (exact) mass is 418 g/mol. The number of quaternary nitrogens is 1. The van der Waals surface area contributed by atoms with Gasteiger partial charge in [-0.15, -0.1) is 0 Å². The molecule has 0 saturated carbocycles. The number of nitrogens with one attached hydrogen (secondary N) is 2. The Bertz CT molecular complexity index is 973. The third-order valence-electron chi connectivity index (χ3n) is 5.05. The van der Waals surface area contributed by atoms with Crippen LogP contribution in [0, 0.1) is 0 Å². The Kier molecular flexibility index (Phi) is 5.70. The van der Waals surface area contributed by atoms with E-state index in [1.54, 1.807) is 12.1 Å². The molecule has 2 aromatic carbocycles. The molecule has 0 bridgehead atoms. The molecule has 0 spiro atoms. The van der Waals surface area contributed by atoms with Gasteiger partial charge in [-0.1, -0.05) is 18.2 Å². The second-order valence-corrected chi connectivity index (χ2v) is 8.99. The third-order valence-corrected chi connectivity index (χ3v) is 6.94. The molecule has 0 radical (unpaired) electrons. The molecule has 1 fully saturated rings. The standard InChI is InChI=1S/C20H23N3O5S/c24-20(21-16-4-2-1-3-5-16)15-22-8-10-23(11-9-22)29(25,26)17-6-7-18-19(14-17)28-13-12-27-18/h1-7,14H,8-13,15H2,(H,21,24)/p+1. The van der Waals surface area contributed by atoms with E-state index in [1.165, 1.54) is 10.4 Å². The van der Waals surface area contributed by atoms with E-state index < -0.39 is 10.0 Å². The lowest BCUT2D eigenvalue weighted by Gasteiger charge is -2.31. The first kappa shape index (κ1) is 19.7. The smallest absolute Gasteiger partial charge is 0.279 e. The Morgan fingerprint density at radius 1 is 1.00 bits per heavy atom. The summed E-state index contributed by atoms with van der Waals surface area (Å²) in [5, 5.41) is 2.87. The Morgan fingerprint density at radius 2 is 1.69 bits per heavy atom. The average Bonchev–Trinajstić information content (AvgIpc) is 2.74. The van der Waals surface area contributed by atoms with Crippen molar-refractivity contribution < 1.29 is 27.6 Å². The number of sulfonamides is 1. The molecule has 0 unspecified atom stereocenters. The summed E-state index contributed by atoms with van der Waals surface area (Å²) < 4.78 is 38.4. The molecule has 4 rings (SSSR count). The van der Waals surface area contributed by atoms with Gasteiger partial charge in [0.25, 0.3) is 5.91 Å². The number of benzene rings is 2. The first-order valence-electron chi connectivity index (χ1n) is 9.61. The molecule has 1 saturated heterocycles. The van der Waals surface area contributed by atoms with E-state index in [-0.39, 0.29) is 10.8 Å². The van der Waals surface area contributed by atoms with Crippen LogP contribution in [-0.4, -0.2) is 64.6 Å². The molecule has 0 atom stereocenters. The molecular weight excluding hydrogens is 394 g/mol. The molecule has 2 aromatic rings. The highest BCUT2D eigenvalue weighted by molar-refractivity contribution is 7.89. The number of ether oxygens (including phenoxy) is 2. The molecule has 2 aliphatic heterocycles. The van der Waals surface area contributed by atoms with Gasteiger partial charge in [-0.25, -0.2) is 8.42 Å². The molecule has 0 aliphatic carbocycles. The van der Waals surface area contributed by atoms with Gasteiger partial charge in [0.05, 0.1) is 31.1 Å². The molecule has 8 nitrogen and oxygen atoms in total. The van der Waals surface area contributed by atoms with E-state index in [0.29, 0.717) is 57.4 Å². The number of carbonyl (C=O) groups is 1. The maximum absolute atomic E-state index is 13.0.